The van der Waals surface area contributed by atoms with Gasteiger partial charge in [0.15, 0.2) is 0 Å². The SMILES string of the molecule is CCNCC(C)(CCS(C)(=O)=O)C1CC1. The van der Waals surface area contributed by atoms with Gasteiger partial charge in [0.05, 0.1) is 5.75 Å². The molecule has 0 aromatic rings. The van der Waals surface area contributed by atoms with Crippen molar-refractivity contribution in [2.75, 3.05) is 25.1 Å². The quantitative estimate of drug-likeness (QED) is 0.724. The molecule has 1 N–H and O–H groups in total. The van der Waals surface area contributed by atoms with Crippen molar-refractivity contribution in [2.45, 2.75) is 33.1 Å². The summed E-state index contributed by atoms with van der Waals surface area (Å²) in [7, 11) is -2.82. The largest absolute Gasteiger partial charge is 0.316 e. The zero-order chi connectivity index (χ0) is 11.5. The van der Waals surface area contributed by atoms with Gasteiger partial charge in [-0.25, -0.2) is 8.42 Å². The summed E-state index contributed by atoms with van der Waals surface area (Å²) in [6.45, 7) is 6.22. The zero-order valence-corrected chi connectivity index (χ0v) is 10.9. The molecule has 1 atom stereocenters. The number of hydrogen-bond donors (Lipinski definition) is 1. The second-order valence-electron chi connectivity index (χ2n) is 5.09. The molecule has 0 aromatic heterocycles. The highest BCUT2D eigenvalue weighted by Gasteiger charge is 2.41. The Hall–Kier alpha value is -0.0900. The van der Waals surface area contributed by atoms with Gasteiger partial charge < -0.3 is 5.32 Å². The monoisotopic (exact) mass is 233 g/mol. The van der Waals surface area contributed by atoms with Crippen LogP contribution in [0.25, 0.3) is 0 Å². The van der Waals surface area contributed by atoms with E-state index in [1.807, 2.05) is 0 Å². The fourth-order valence-corrected chi connectivity index (χ4v) is 2.88. The maximum Gasteiger partial charge on any atom is 0.147 e. The minimum atomic E-state index is -2.82. The number of sulfone groups is 1. The predicted octanol–water partition coefficient (Wildman–Crippen LogP) is 1.45. The Balaban J connectivity index is 2.49. The van der Waals surface area contributed by atoms with Gasteiger partial charge in [-0.2, -0.15) is 0 Å². The highest BCUT2D eigenvalue weighted by molar-refractivity contribution is 7.90. The molecule has 0 radical (unpaired) electrons. The number of hydrogen-bond acceptors (Lipinski definition) is 3. The van der Waals surface area contributed by atoms with Gasteiger partial charge in [-0.05, 0) is 37.1 Å². The molecule has 1 unspecified atom stereocenters. The summed E-state index contributed by atoms with van der Waals surface area (Å²) in [5.41, 5.74) is 0.180. The Morgan fingerprint density at radius 3 is 2.40 bits per heavy atom. The van der Waals surface area contributed by atoms with Gasteiger partial charge in [-0.1, -0.05) is 13.8 Å². The van der Waals surface area contributed by atoms with Crippen LogP contribution in [0.15, 0.2) is 0 Å². The first-order valence-electron chi connectivity index (χ1n) is 5.76. The Labute approximate surface area is 93.6 Å². The van der Waals surface area contributed by atoms with Crippen molar-refractivity contribution >= 4 is 9.84 Å². The summed E-state index contributed by atoms with van der Waals surface area (Å²) < 4.78 is 22.3. The van der Waals surface area contributed by atoms with E-state index in [2.05, 4.69) is 19.2 Å². The van der Waals surface area contributed by atoms with Gasteiger partial charge in [0.1, 0.15) is 9.84 Å². The van der Waals surface area contributed by atoms with Crippen molar-refractivity contribution in [1.82, 2.24) is 5.32 Å². The molecule has 90 valence electrons. The lowest BCUT2D eigenvalue weighted by molar-refractivity contribution is 0.250. The van der Waals surface area contributed by atoms with Crippen LogP contribution in [-0.2, 0) is 9.84 Å². The normalized spacial score (nSPS) is 21.3. The molecule has 0 aliphatic heterocycles. The summed E-state index contributed by atoms with van der Waals surface area (Å²) in [6.07, 6.45) is 4.66. The zero-order valence-electron chi connectivity index (χ0n) is 10.0. The van der Waals surface area contributed by atoms with Gasteiger partial charge in [-0.3, -0.25) is 0 Å². The van der Waals surface area contributed by atoms with Gasteiger partial charge in [0.25, 0.3) is 0 Å². The second kappa shape index (κ2) is 4.83. The van der Waals surface area contributed by atoms with Crippen molar-refractivity contribution in [2.24, 2.45) is 11.3 Å². The molecule has 1 fully saturated rings. The van der Waals surface area contributed by atoms with Crippen LogP contribution in [0, 0.1) is 11.3 Å². The molecule has 15 heavy (non-hydrogen) atoms. The molecule has 1 saturated carbocycles. The van der Waals surface area contributed by atoms with E-state index in [1.54, 1.807) is 0 Å². The summed E-state index contributed by atoms with van der Waals surface area (Å²) in [5, 5.41) is 3.35. The topological polar surface area (TPSA) is 46.2 Å². The molecule has 0 amide bonds. The molecule has 0 spiro atoms. The molecule has 3 nitrogen and oxygen atoms in total. The van der Waals surface area contributed by atoms with Gasteiger partial charge >= 0.3 is 0 Å². The third-order valence-electron chi connectivity index (χ3n) is 3.39. The first-order chi connectivity index (χ1) is 6.87. The maximum absolute atomic E-state index is 11.2. The van der Waals surface area contributed by atoms with Crippen LogP contribution in [0.4, 0.5) is 0 Å². The Kier molecular flexibility index (Phi) is 4.18. The number of nitrogens with one attached hydrogen (secondary N) is 1. The fraction of sp³-hybridized carbons (Fsp3) is 1.00. The third-order valence-corrected chi connectivity index (χ3v) is 4.33. The van der Waals surface area contributed by atoms with Crippen LogP contribution in [0.1, 0.15) is 33.1 Å². The fourth-order valence-electron chi connectivity index (χ4n) is 2.05. The van der Waals surface area contributed by atoms with Gasteiger partial charge in [0.2, 0.25) is 0 Å². The maximum atomic E-state index is 11.2. The van der Waals surface area contributed by atoms with Crippen LogP contribution in [-0.4, -0.2) is 33.5 Å². The Morgan fingerprint density at radius 2 is 2.00 bits per heavy atom. The Morgan fingerprint density at radius 1 is 1.40 bits per heavy atom. The highest BCUT2D eigenvalue weighted by atomic mass is 32.2. The minimum absolute atomic E-state index is 0.180. The average molecular weight is 233 g/mol. The lowest BCUT2D eigenvalue weighted by atomic mass is 9.82. The molecule has 1 rings (SSSR count). The molecule has 0 bridgehead atoms. The van der Waals surface area contributed by atoms with E-state index in [4.69, 9.17) is 0 Å². The standard InChI is InChI=1S/C11H23NO2S/c1-4-12-9-11(2,10-5-6-10)7-8-15(3,13)14/h10,12H,4-9H2,1-3H3. The molecular weight excluding hydrogens is 210 g/mol. The third kappa shape index (κ3) is 4.51. The van der Waals surface area contributed by atoms with Crippen molar-refractivity contribution in [3.63, 3.8) is 0 Å². The van der Waals surface area contributed by atoms with E-state index in [-0.39, 0.29) is 5.41 Å². The molecule has 0 heterocycles. The van der Waals surface area contributed by atoms with E-state index < -0.39 is 9.84 Å². The van der Waals surface area contributed by atoms with Crippen LogP contribution in [0.5, 0.6) is 0 Å². The van der Waals surface area contributed by atoms with Crippen LogP contribution >= 0.6 is 0 Å². The van der Waals surface area contributed by atoms with E-state index in [1.165, 1.54) is 19.1 Å². The lowest BCUT2D eigenvalue weighted by Gasteiger charge is -2.29. The van der Waals surface area contributed by atoms with Crippen molar-refractivity contribution < 1.29 is 8.42 Å². The van der Waals surface area contributed by atoms with Crippen molar-refractivity contribution in [3.8, 4) is 0 Å². The summed E-state index contributed by atoms with van der Waals surface area (Å²) in [4.78, 5) is 0. The molecule has 1 aliphatic rings. The summed E-state index contributed by atoms with van der Waals surface area (Å²) in [6, 6.07) is 0. The first-order valence-corrected chi connectivity index (χ1v) is 7.82. The highest BCUT2D eigenvalue weighted by Crippen LogP contribution is 2.47. The summed E-state index contributed by atoms with van der Waals surface area (Å²) in [5.74, 6) is 1.06. The molecule has 0 saturated heterocycles. The van der Waals surface area contributed by atoms with Gasteiger partial charge in [-0.15, -0.1) is 0 Å². The van der Waals surface area contributed by atoms with Crippen molar-refractivity contribution in [3.05, 3.63) is 0 Å². The molecular formula is C11H23NO2S. The van der Waals surface area contributed by atoms with E-state index in [9.17, 15) is 8.42 Å². The van der Waals surface area contributed by atoms with Gasteiger partial charge in [0, 0.05) is 12.8 Å². The van der Waals surface area contributed by atoms with Crippen molar-refractivity contribution in [1.29, 1.82) is 0 Å². The van der Waals surface area contributed by atoms with Crippen LogP contribution < -0.4 is 5.32 Å². The Bertz CT molecular complexity index is 296. The average Bonchev–Trinajstić information content (AvgIpc) is 2.93. The van der Waals surface area contributed by atoms with E-state index >= 15 is 0 Å². The van der Waals surface area contributed by atoms with E-state index in [0.717, 1.165) is 25.4 Å². The molecule has 0 aromatic carbocycles. The first kappa shape index (κ1) is 13.0. The summed E-state index contributed by atoms with van der Waals surface area (Å²) >= 11 is 0. The molecule has 4 heteroatoms. The second-order valence-corrected chi connectivity index (χ2v) is 7.35. The van der Waals surface area contributed by atoms with Crippen LogP contribution in [0.3, 0.4) is 0 Å². The van der Waals surface area contributed by atoms with Crippen LogP contribution in [0.2, 0.25) is 0 Å². The predicted molar refractivity (Wildman–Crippen MR) is 63.7 cm³/mol. The number of rotatable bonds is 7. The minimum Gasteiger partial charge on any atom is -0.316 e. The lowest BCUT2D eigenvalue weighted by Crippen LogP contribution is -2.35. The smallest absolute Gasteiger partial charge is 0.147 e. The molecule has 1 aliphatic carbocycles. The van der Waals surface area contributed by atoms with E-state index in [0.29, 0.717) is 5.75 Å².